The molecule has 0 aliphatic heterocycles. The lowest BCUT2D eigenvalue weighted by molar-refractivity contribution is 0.314. The molecule has 30 heavy (non-hydrogen) atoms. The van der Waals surface area contributed by atoms with Gasteiger partial charge in [-0.25, -0.2) is 0 Å². The summed E-state index contributed by atoms with van der Waals surface area (Å²) in [6.07, 6.45) is 14.3. The summed E-state index contributed by atoms with van der Waals surface area (Å²) in [4.78, 5) is 8.82. The van der Waals surface area contributed by atoms with E-state index in [0.717, 1.165) is 34.4 Å². The highest BCUT2D eigenvalue weighted by Crippen LogP contribution is 2.27. The summed E-state index contributed by atoms with van der Waals surface area (Å²) in [6.45, 7) is 10.8. The van der Waals surface area contributed by atoms with Crippen LogP contribution < -0.4 is 0 Å². The number of rotatable bonds is 5. The molecule has 4 heterocycles. The molecule has 0 atom stereocenters. The van der Waals surface area contributed by atoms with Crippen LogP contribution in [0.25, 0.3) is 22.3 Å². The van der Waals surface area contributed by atoms with Crippen LogP contribution >= 0.6 is 0 Å². The van der Waals surface area contributed by atoms with E-state index in [2.05, 4.69) is 73.2 Å². The molecule has 154 valence electrons. The van der Waals surface area contributed by atoms with Crippen LogP contribution in [0.1, 0.15) is 40.3 Å². The first-order valence-electron chi connectivity index (χ1n) is 10.2. The second-order valence-electron chi connectivity index (χ2n) is 9.28. The van der Waals surface area contributed by atoms with Crippen LogP contribution in [0.15, 0.2) is 67.6 Å². The van der Waals surface area contributed by atoms with E-state index >= 15 is 0 Å². The van der Waals surface area contributed by atoms with Crippen LogP contribution in [0.2, 0.25) is 0 Å². The van der Waals surface area contributed by atoms with E-state index in [-0.39, 0.29) is 11.1 Å². The molecule has 4 rings (SSSR count). The van der Waals surface area contributed by atoms with Gasteiger partial charge in [-0.3, -0.25) is 19.3 Å². The summed E-state index contributed by atoms with van der Waals surface area (Å²) >= 11 is 0. The smallest absolute Gasteiger partial charge is 0.0627 e. The van der Waals surface area contributed by atoms with Gasteiger partial charge in [-0.2, -0.15) is 10.2 Å². The summed E-state index contributed by atoms with van der Waals surface area (Å²) in [5.74, 6) is 0. The zero-order chi connectivity index (χ0) is 21.4. The van der Waals surface area contributed by atoms with Gasteiger partial charge in [0.1, 0.15) is 0 Å². The minimum absolute atomic E-state index is 0.0395. The molecule has 4 aromatic rings. The van der Waals surface area contributed by atoms with E-state index in [9.17, 15) is 0 Å². The third-order valence-corrected chi connectivity index (χ3v) is 5.23. The van der Waals surface area contributed by atoms with E-state index in [1.54, 1.807) is 6.20 Å². The second kappa shape index (κ2) is 7.52. The van der Waals surface area contributed by atoms with Gasteiger partial charge in [0.05, 0.1) is 23.5 Å². The van der Waals surface area contributed by atoms with Gasteiger partial charge in [0.2, 0.25) is 0 Å². The Balaban J connectivity index is 1.56. The van der Waals surface area contributed by atoms with Crippen molar-refractivity contribution in [2.24, 2.45) is 0 Å². The van der Waals surface area contributed by atoms with Crippen molar-refractivity contribution in [3.8, 4) is 22.3 Å². The van der Waals surface area contributed by atoms with Crippen LogP contribution in [0.4, 0.5) is 0 Å². The maximum Gasteiger partial charge on any atom is 0.0627 e. The molecule has 0 spiro atoms. The maximum absolute atomic E-state index is 4.62. The Labute approximate surface area is 177 Å². The third-order valence-electron chi connectivity index (χ3n) is 5.23. The van der Waals surface area contributed by atoms with Crippen molar-refractivity contribution in [1.82, 2.24) is 29.5 Å². The quantitative estimate of drug-likeness (QED) is 0.476. The summed E-state index contributed by atoms with van der Waals surface area (Å²) < 4.78 is 4.01. The summed E-state index contributed by atoms with van der Waals surface area (Å²) in [5.41, 5.74) is 5.12. The molecular formula is C24H28N6. The molecule has 0 aromatic carbocycles. The Morgan fingerprint density at radius 3 is 2.13 bits per heavy atom. The normalized spacial score (nSPS) is 12.3. The Kier molecular flexibility index (Phi) is 5.02. The third kappa shape index (κ3) is 4.17. The number of pyridine rings is 2. The van der Waals surface area contributed by atoms with Crippen LogP contribution in [-0.4, -0.2) is 29.5 Å². The fourth-order valence-corrected chi connectivity index (χ4v) is 3.45. The molecule has 6 nitrogen and oxygen atoms in total. The fraction of sp³-hybridized carbons (Fsp3) is 0.333. The molecule has 0 aliphatic rings. The Bertz CT molecular complexity index is 1130. The average Bonchev–Trinajstić information content (AvgIpc) is 3.39. The Morgan fingerprint density at radius 2 is 1.47 bits per heavy atom. The van der Waals surface area contributed by atoms with Crippen LogP contribution in [0.3, 0.4) is 0 Å². The average molecular weight is 401 g/mol. The van der Waals surface area contributed by atoms with Gasteiger partial charge in [-0.05, 0) is 58.4 Å². The van der Waals surface area contributed by atoms with Crippen molar-refractivity contribution in [2.45, 2.75) is 52.1 Å². The van der Waals surface area contributed by atoms with Crippen molar-refractivity contribution in [3.05, 3.63) is 73.3 Å². The summed E-state index contributed by atoms with van der Waals surface area (Å²) in [7, 11) is 0. The molecule has 0 N–H and O–H groups in total. The van der Waals surface area contributed by atoms with Crippen molar-refractivity contribution in [1.29, 1.82) is 0 Å². The molecule has 6 heteroatoms. The first-order valence-corrected chi connectivity index (χ1v) is 10.2. The summed E-state index contributed by atoms with van der Waals surface area (Å²) in [6, 6.07) is 8.17. The molecule has 0 amide bonds. The molecule has 0 saturated carbocycles. The zero-order valence-electron chi connectivity index (χ0n) is 18.2. The lowest BCUT2D eigenvalue weighted by Gasteiger charge is -2.25. The molecule has 0 radical (unpaired) electrons. The van der Waals surface area contributed by atoms with Gasteiger partial charge in [-0.15, -0.1) is 0 Å². The molecule has 0 aliphatic carbocycles. The largest absolute Gasteiger partial charge is 0.267 e. The van der Waals surface area contributed by atoms with E-state index < -0.39 is 0 Å². The summed E-state index contributed by atoms with van der Waals surface area (Å²) in [5, 5.41) is 9.14. The van der Waals surface area contributed by atoms with E-state index in [1.807, 2.05) is 52.4 Å². The lowest BCUT2D eigenvalue weighted by atomic mass is 9.97. The monoisotopic (exact) mass is 400 g/mol. The number of nitrogens with zero attached hydrogens (tertiary/aromatic N) is 6. The predicted molar refractivity (Wildman–Crippen MR) is 119 cm³/mol. The van der Waals surface area contributed by atoms with Crippen LogP contribution in [0, 0.1) is 0 Å². The van der Waals surface area contributed by atoms with Gasteiger partial charge in [-0.1, -0.05) is 6.07 Å². The van der Waals surface area contributed by atoms with E-state index in [0.29, 0.717) is 0 Å². The number of hydrogen-bond acceptors (Lipinski definition) is 4. The lowest BCUT2D eigenvalue weighted by Crippen LogP contribution is -2.29. The van der Waals surface area contributed by atoms with E-state index in [1.165, 1.54) is 0 Å². The van der Waals surface area contributed by atoms with Gasteiger partial charge in [0.15, 0.2) is 0 Å². The van der Waals surface area contributed by atoms with Gasteiger partial charge >= 0.3 is 0 Å². The maximum atomic E-state index is 4.62. The van der Waals surface area contributed by atoms with Gasteiger partial charge in [0.25, 0.3) is 0 Å². The standard InChI is InChI=1S/C24H28N6/c1-23(2,3)29-16-20(14-27-29)18-8-10-26-22(11-18)12-24(4,5)30-17-21(15-28-30)19-7-6-9-25-13-19/h6-11,13-17H,12H2,1-5H3. The van der Waals surface area contributed by atoms with Crippen molar-refractivity contribution >= 4 is 0 Å². The minimum atomic E-state index is -0.221. The highest BCUT2D eigenvalue weighted by Gasteiger charge is 2.23. The fourth-order valence-electron chi connectivity index (χ4n) is 3.45. The number of hydrogen-bond donors (Lipinski definition) is 0. The topological polar surface area (TPSA) is 61.4 Å². The number of aromatic nitrogens is 6. The first-order chi connectivity index (χ1) is 14.2. The van der Waals surface area contributed by atoms with Crippen molar-refractivity contribution in [3.63, 3.8) is 0 Å². The molecular weight excluding hydrogens is 372 g/mol. The van der Waals surface area contributed by atoms with Gasteiger partial charge < -0.3 is 0 Å². The van der Waals surface area contributed by atoms with Crippen LogP contribution in [0.5, 0.6) is 0 Å². The van der Waals surface area contributed by atoms with Crippen molar-refractivity contribution < 1.29 is 0 Å². The van der Waals surface area contributed by atoms with Crippen LogP contribution in [-0.2, 0) is 17.5 Å². The predicted octanol–water partition coefficient (Wildman–Crippen LogP) is 4.94. The van der Waals surface area contributed by atoms with Crippen molar-refractivity contribution in [2.75, 3.05) is 0 Å². The molecule has 0 fully saturated rings. The second-order valence-corrected chi connectivity index (χ2v) is 9.28. The van der Waals surface area contributed by atoms with Gasteiger partial charge in [0, 0.05) is 59.8 Å². The SMILES string of the molecule is CC(C)(C)n1cc(-c2ccnc(CC(C)(C)n3cc(-c4cccnc4)cn3)c2)cn1. The highest BCUT2D eigenvalue weighted by atomic mass is 15.3. The highest BCUT2D eigenvalue weighted by molar-refractivity contribution is 5.62. The molecule has 4 aromatic heterocycles. The Morgan fingerprint density at radius 1 is 0.767 bits per heavy atom. The first kappa shape index (κ1) is 20.0. The Hall–Kier alpha value is -3.28. The van der Waals surface area contributed by atoms with E-state index in [4.69, 9.17) is 0 Å². The zero-order valence-corrected chi connectivity index (χ0v) is 18.2. The molecule has 0 saturated heterocycles. The minimum Gasteiger partial charge on any atom is -0.267 e. The molecule has 0 unspecified atom stereocenters. The molecule has 0 bridgehead atoms.